The van der Waals surface area contributed by atoms with Crippen molar-refractivity contribution in [3.05, 3.63) is 59.4 Å². The van der Waals surface area contributed by atoms with E-state index in [0.717, 1.165) is 24.2 Å². The average Bonchev–Trinajstić information content (AvgIpc) is 2.51. The number of ether oxygens (including phenoxy) is 1. The molecule has 1 unspecified atom stereocenters. The van der Waals surface area contributed by atoms with E-state index >= 15 is 0 Å². The molecular formula is C17H23N3O. The number of rotatable bonds is 7. The second-order valence-corrected chi connectivity index (χ2v) is 5.21. The van der Waals surface area contributed by atoms with E-state index in [4.69, 9.17) is 10.6 Å². The van der Waals surface area contributed by atoms with Crippen molar-refractivity contribution in [2.75, 3.05) is 6.61 Å². The van der Waals surface area contributed by atoms with Crippen molar-refractivity contribution in [2.24, 2.45) is 5.84 Å². The molecule has 0 radical (unpaired) electrons. The van der Waals surface area contributed by atoms with Gasteiger partial charge in [-0.3, -0.25) is 16.3 Å². The number of aryl methyl sites for hydroxylation is 1. The Balaban J connectivity index is 2.13. The SMILES string of the molecule is CCCOc1cncc(C(Cc2cccc(C)c2)NN)c1. The summed E-state index contributed by atoms with van der Waals surface area (Å²) >= 11 is 0. The molecule has 0 amide bonds. The standard InChI is InChI=1S/C17H23N3O/c1-3-7-21-16-10-15(11-19-12-16)17(20-18)9-14-6-4-5-13(2)8-14/h4-6,8,10-12,17,20H,3,7,9,18H2,1-2H3. The van der Waals surface area contributed by atoms with Gasteiger partial charge in [0.2, 0.25) is 0 Å². The fraction of sp³-hybridized carbons (Fsp3) is 0.353. The number of hydrazine groups is 1. The fourth-order valence-corrected chi connectivity index (χ4v) is 2.27. The fourth-order valence-electron chi connectivity index (χ4n) is 2.27. The van der Waals surface area contributed by atoms with E-state index < -0.39 is 0 Å². The maximum absolute atomic E-state index is 5.72. The summed E-state index contributed by atoms with van der Waals surface area (Å²) < 4.78 is 5.63. The number of nitrogens with zero attached hydrogens (tertiary/aromatic N) is 1. The van der Waals surface area contributed by atoms with E-state index in [2.05, 4.69) is 48.5 Å². The first-order chi connectivity index (χ1) is 10.2. The van der Waals surface area contributed by atoms with Crippen molar-refractivity contribution in [1.29, 1.82) is 0 Å². The quantitative estimate of drug-likeness (QED) is 0.606. The predicted octanol–water partition coefficient (Wildman–Crippen LogP) is 2.93. The number of hydrogen-bond donors (Lipinski definition) is 2. The lowest BCUT2D eigenvalue weighted by Crippen LogP contribution is -2.29. The van der Waals surface area contributed by atoms with E-state index in [1.54, 1.807) is 6.20 Å². The minimum absolute atomic E-state index is 0.0180. The first kappa shape index (κ1) is 15.5. The summed E-state index contributed by atoms with van der Waals surface area (Å²) in [7, 11) is 0. The van der Waals surface area contributed by atoms with Crippen LogP contribution in [0.5, 0.6) is 5.75 Å². The molecule has 0 spiro atoms. The highest BCUT2D eigenvalue weighted by Gasteiger charge is 2.12. The van der Waals surface area contributed by atoms with Crippen molar-refractivity contribution in [2.45, 2.75) is 32.7 Å². The van der Waals surface area contributed by atoms with Gasteiger partial charge in [-0.05, 0) is 37.0 Å². The van der Waals surface area contributed by atoms with Gasteiger partial charge in [-0.1, -0.05) is 36.8 Å². The lowest BCUT2D eigenvalue weighted by atomic mass is 9.99. The van der Waals surface area contributed by atoms with Gasteiger partial charge in [0.25, 0.3) is 0 Å². The van der Waals surface area contributed by atoms with Crippen LogP contribution in [0, 0.1) is 6.92 Å². The molecule has 1 heterocycles. The second-order valence-electron chi connectivity index (χ2n) is 5.21. The normalized spacial score (nSPS) is 12.1. The number of hydrogen-bond acceptors (Lipinski definition) is 4. The van der Waals surface area contributed by atoms with Crippen molar-refractivity contribution >= 4 is 0 Å². The molecule has 1 aromatic carbocycles. The number of nitrogens with one attached hydrogen (secondary N) is 1. The zero-order valence-corrected chi connectivity index (χ0v) is 12.7. The molecule has 1 atom stereocenters. The molecule has 1 aromatic heterocycles. The van der Waals surface area contributed by atoms with E-state index in [1.807, 2.05) is 12.3 Å². The maximum Gasteiger partial charge on any atom is 0.137 e. The van der Waals surface area contributed by atoms with Crippen LogP contribution in [0.4, 0.5) is 0 Å². The molecule has 0 aliphatic carbocycles. The van der Waals surface area contributed by atoms with Crippen molar-refractivity contribution in [3.8, 4) is 5.75 Å². The molecule has 2 aromatic rings. The van der Waals surface area contributed by atoms with Crippen LogP contribution >= 0.6 is 0 Å². The van der Waals surface area contributed by atoms with Crippen LogP contribution in [0.15, 0.2) is 42.7 Å². The summed E-state index contributed by atoms with van der Waals surface area (Å²) in [5.41, 5.74) is 6.41. The van der Waals surface area contributed by atoms with E-state index in [9.17, 15) is 0 Å². The van der Waals surface area contributed by atoms with Crippen LogP contribution in [0.25, 0.3) is 0 Å². The van der Waals surface area contributed by atoms with Crippen LogP contribution in [0.1, 0.15) is 36.1 Å². The molecule has 0 saturated carbocycles. The summed E-state index contributed by atoms with van der Waals surface area (Å²) in [6.07, 6.45) is 5.36. The van der Waals surface area contributed by atoms with E-state index in [-0.39, 0.29) is 6.04 Å². The highest BCUT2D eigenvalue weighted by Crippen LogP contribution is 2.21. The zero-order chi connectivity index (χ0) is 15.1. The molecule has 0 saturated heterocycles. The minimum atomic E-state index is 0.0180. The van der Waals surface area contributed by atoms with Crippen molar-refractivity contribution in [1.82, 2.24) is 10.4 Å². The van der Waals surface area contributed by atoms with Crippen LogP contribution in [-0.4, -0.2) is 11.6 Å². The number of benzene rings is 1. The molecule has 4 heteroatoms. The summed E-state index contributed by atoms with van der Waals surface area (Å²) in [4.78, 5) is 4.25. The lowest BCUT2D eigenvalue weighted by molar-refractivity contribution is 0.315. The molecule has 112 valence electrons. The highest BCUT2D eigenvalue weighted by atomic mass is 16.5. The summed E-state index contributed by atoms with van der Waals surface area (Å²) in [5.74, 6) is 6.51. The second kappa shape index (κ2) is 7.76. The Morgan fingerprint density at radius 1 is 1.29 bits per heavy atom. The van der Waals surface area contributed by atoms with Gasteiger partial charge in [-0.2, -0.15) is 0 Å². The van der Waals surface area contributed by atoms with Crippen LogP contribution < -0.4 is 16.0 Å². The van der Waals surface area contributed by atoms with Crippen molar-refractivity contribution < 1.29 is 4.74 Å². The lowest BCUT2D eigenvalue weighted by Gasteiger charge is -2.17. The van der Waals surface area contributed by atoms with Gasteiger partial charge in [0.15, 0.2) is 0 Å². The topological polar surface area (TPSA) is 60.2 Å². The summed E-state index contributed by atoms with van der Waals surface area (Å²) in [5, 5.41) is 0. The first-order valence-corrected chi connectivity index (χ1v) is 7.32. The van der Waals surface area contributed by atoms with Gasteiger partial charge in [-0.15, -0.1) is 0 Å². The Morgan fingerprint density at radius 3 is 2.86 bits per heavy atom. The van der Waals surface area contributed by atoms with Gasteiger partial charge in [0.05, 0.1) is 18.8 Å². The Labute approximate surface area is 126 Å². The smallest absolute Gasteiger partial charge is 0.137 e. The molecule has 2 rings (SSSR count). The van der Waals surface area contributed by atoms with Gasteiger partial charge in [0, 0.05) is 6.20 Å². The molecule has 4 nitrogen and oxygen atoms in total. The van der Waals surface area contributed by atoms with Crippen LogP contribution in [0.3, 0.4) is 0 Å². The van der Waals surface area contributed by atoms with E-state index in [1.165, 1.54) is 11.1 Å². The van der Waals surface area contributed by atoms with Crippen LogP contribution in [-0.2, 0) is 6.42 Å². The summed E-state index contributed by atoms with van der Waals surface area (Å²) in [6, 6.07) is 10.5. The third-order valence-corrected chi connectivity index (χ3v) is 3.33. The Kier molecular flexibility index (Phi) is 5.72. The van der Waals surface area contributed by atoms with Crippen LogP contribution in [0.2, 0.25) is 0 Å². The Bertz CT molecular complexity index is 571. The minimum Gasteiger partial charge on any atom is -0.492 e. The highest BCUT2D eigenvalue weighted by molar-refractivity contribution is 5.29. The average molecular weight is 285 g/mol. The molecule has 0 aliphatic rings. The number of nitrogens with two attached hydrogens (primary N) is 1. The molecule has 3 N–H and O–H groups in total. The zero-order valence-electron chi connectivity index (χ0n) is 12.7. The predicted molar refractivity (Wildman–Crippen MR) is 85.0 cm³/mol. The van der Waals surface area contributed by atoms with Gasteiger partial charge < -0.3 is 4.74 Å². The van der Waals surface area contributed by atoms with Crippen molar-refractivity contribution in [3.63, 3.8) is 0 Å². The first-order valence-electron chi connectivity index (χ1n) is 7.32. The largest absolute Gasteiger partial charge is 0.492 e. The maximum atomic E-state index is 5.72. The molecule has 0 aliphatic heterocycles. The van der Waals surface area contributed by atoms with Gasteiger partial charge in [-0.25, -0.2) is 0 Å². The van der Waals surface area contributed by atoms with Gasteiger partial charge >= 0.3 is 0 Å². The number of aromatic nitrogens is 1. The molecule has 21 heavy (non-hydrogen) atoms. The third-order valence-electron chi connectivity index (χ3n) is 3.33. The van der Waals surface area contributed by atoms with E-state index in [0.29, 0.717) is 6.61 Å². The third kappa shape index (κ3) is 4.55. The summed E-state index contributed by atoms with van der Waals surface area (Å²) in [6.45, 7) is 4.87. The Hall–Kier alpha value is -1.91. The number of pyridine rings is 1. The molecule has 0 bridgehead atoms. The van der Waals surface area contributed by atoms with Gasteiger partial charge in [0.1, 0.15) is 5.75 Å². The molecular weight excluding hydrogens is 262 g/mol. The Morgan fingerprint density at radius 2 is 2.14 bits per heavy atom. The monoisotopic (exact) mass is 285 g/mol. The molecule has 0 fully saturated rings.